The second-order valence-corrected chi connectivity index (χ2v) is 4.00. The molecule has 5 heteroatoms. The van der Waals surface area contributed by atoms with E-state index in [2.05, 4.69) is 5.32 Å². The molecular formula is C14H23NO4. The van der Waals surface area contributed by atoms with E-state index in [-0.39, 0.29) is 0 Å². The van der Waals surface area contributed by atoms with Gasteiger partial charge in [0.15, 0.2) is 11.5 Å². The third-order valence-corrected chi connectivity index (χ3v) is 2.59. The predicted octanol–water partition coefficient (Wildman–Crippen LogP) is 1.46. The number of hydrogen-bond acceptors (Lipinski definition) is 5. The zero-order valence-electron chi connectivity index (χ0n) is 11.9. The van der Waals surface area contributed by atoms with E-state index in [1.54, 1.807) is 21.3 Å². The summed E-state index contributed by atoms with van der Waals surface area (Å²) < 4.78 is 20.8. The zero-order chi connectivity index (χ0) is 13.9. The second kappa shape index (κ2) is 9.61. The molecule has 0 amide bonds. The number of rotatable bonds is 10. The van der Waals surface area contributed by atoms with E-state index in [4.69, 9.17) is 18.9 Å². The molecule has 0 unspecified atom stereocenters. The van der Waals surface area contributed by atoms with Crippen LogP contribution in [0.4, 0.5) is 0 Å². The summed E-state index contributed by atoms with van der Waals surface area (Å²) in [6, 6.07) is 5.91. The Hall–Kier alpha value is -1.30. The monoisotopic (exact) mass is 269 g/mol. The first-order valence-electron chi connectivity index (χ1n) is 6.30. The van der Waals surface area contributed by atoms with Crippen LogP contribution in [0.15, 0.2) is 18.2 Å². The van der Waals surface area contributed by atoms with Crippen molar-refractivity contribution < 1.29 is 18.9 Å². The fourth-order valence-electron chi connectivity index (χ4n) is 1.58. The van der Waals surface area contributed by atoms with Crippen molar-refractivity contribution in [3.05, 3.63) is 23.8 Å². The maximum absolute atomic E-state index is 5.58. The molecular weight excluding hydrogens is 246 g/mol. The maximum Gasteiger partial charge on any atom is 0.161 e. The molecule has 0 aliphatic rings. The van der Waals surface area contributed by atoms with Crippen LogP contribution in [0, 0.1) is 0 Å². The van der Waals surface area contributed by atoms with Crippen molar-refractivity contribution in [3.63, 3.8) is 0 Å². The van der Waals surface area contributed by atoms with E-state index >= 15 is 0 Å². The molecule has 108 valence electrons. The largest absolute Gasteiger partial charge is 0.493 e. The summed E-state index contributed by atoms with van der Waals surface area (Å²) >= 11 is 0. The van der Waals surface area contributed by atoms with Gasteiger partial charge >= 0.3 is 0 Å². The van der Waals surface area contributed by atoms with Crippen molar-refractivity contribution in [2.24, 2.45) is 0 Å². The standard InChI is InChI=1S/C14H23NO4/c1-16-7-6-15-11-12-4-5-13(14(10-12)18-3)19-9-8-17-2/h4-5,10,15H,6-9,11H2,1-3H3. The van der Waals surface area contributed by atoms with Gasteiger partial charge in [0.2, 0.25) is 0 Å². The molecule has 1 aromatic carbocycles. The highest BCUT2D eigenvalue weighted by Crippen LogP contribution is 2.27. The van der Waals surface area contributed by atoms with E-state index in [0.29, 0.717) is 19.8 Å². The van der Waals surface area contributed by atoms with Crippen molar-refractivity contribution in [1.29, 1.82) is 0 Å². The summed E-state index contributed by atoms with van der Waals surface area (Å²) in [5, 5.41) is 3.28. The minimum atomic E-state index is 0.512. The minimum Gasteiger partial charge on any atom is -0.493 e. The van der Waals surface area contributed by atoms with Crippen molar-refractivity contribution in [1.82, 2.24) is 5.32 Å². The van der Waals surface area contributed by atoms with Crippen LogP contribution in [0.5, 0.6) is 11.5 Å². The summed E-state index contributed by atoms with van der Waals surface area (Å²) in [7, 11) is 4.98. The number of methoxy groups -OCH3 is 3. The molecule has 0 saturated heterocycles. The molecule has 0 fully saturated rings. The van der Waals surface area contributed by atoms with Gasteiger partial charge in [0.05, 0.1) is 20.3 Å². The van der Waals surface area contributed by atoms with E-state index in [9.17, 15) is 0 Å². The molecule has 1 N–H and O–H groups in total. The molecule has 0 aliphatic heterocycles. The van der Waals surface area contributed by atoms with E-state index in [0.717, 1.165) is 30.2 Å². The van der Waals surface area contributed by atoms with Crippen LogP contribution < -0.4 is 14.8 Å². The fraction of sp³-hybridized carbons (Fsp3) is 0.571. The smallest absolute Gasteiger partial charge is 0.161 e. The average molecular weight is 269 g/mol. The highest BCUT2D eigenvalue weighted by atomic mass is 16.5. The fourth-order valence-corrected chi connectivity index (χ4v) is 1.58. The molecule has 1 aromatic rings. The van der Waals surface area contributed by atoms with E-state index < -0.39 is 0 Å². The lowest BCUT2D eigenvalue weighted by atomic mass is 10.2. The van der Waals surface area contributed by atoms with Gasteiger partial charge in [0.25, 0.3) is 0 Å². The van der Waals surface area contributed by atoms with Crippen molar-refractivity contribution >= 4 is 0 Å². The van der Waals surface area contributed by atoms with Gasteiger partial charge < -0.3 is 24.3 Å². The van der Waals surface area contributed by atoms with Crippen LogP contribution >= 0.6 is 0 Å². The number of ether oxygens (including phenoxy) is 4. The topological polar surface area (TPSA) is 49.0 Å². The maximum atomic E-state index is 5.58. The first kappa shape index (κ1) is 15.8. The quantitative estimate of drug-likeness (QED) is 0.652. The minimum absolute atomic E-state index is 0.512. The van der Waals surface area contributed by atoms with Gasteiger partial charge in [-0.2, -0.15) is 0 Å². The molecule has 1 rings (SSSR count). The van der Waals surface area contributed by atoms with Gasteiger partial charge in [0.1, 0.15) is 6.61 Å². The molecule has 0 radical (unpaired) electrons. The third kappa shape index (κ3) is 5.92. The van der Waals surface area contributed by atoms with Crippen molar-refractivity contribution in [3.8, 4) is 11.5 Å². The predicted molar refractivity (Wildman–Crippen MR) is 73.9 cm³/mol. The van der Waals surface area contributed by atoms with Gasteiger partial charge in [-0.05, 0) is 17.7 Å². The zero-order valence-corrected chi connectivity index (χ0v) is 11.9. The highest BCUT2D eigenvalue weighted by molar-refractivity contribution is 5.42. The SMILES string of the molecule is COCCNCc1ccc(OCCOC)c(OC)c1. The van der Waals surface area contributed by atoms with Crippen LogP contribution in [0.25, 0.3) is 0 Å². The van der Waals surface area contributed by atoms with Crippen LogP contribution in [0.2, 0.25) is 0 Å². The van der Waals surface area contributed by atoms with Crippen molar-refractivity contribution in [2.45, 2.75) is 6.54 Å². The lowest BCUT2D eigenvalue weighted by molar-refractivity contribution is 0.144. The first-order valence-corrected chi connectivity index (χ1v) is 6.30. The lowest BCUT2D eigenvalue weighted by Crippen LogP contribution is -2.18. The van der Waals surface area contributed by atoms with Crippen LogP contribution in [0.1, 0.15) is 5.56 Å². The van der Waals surface area contributed by atoms with Crippen LogP contribution in [-0.4, -0.2) is 47.7 Å². The average Bonchev–Trinajstić information content (AvgIpc) is 2.45. The molecule has 0 spiro atoms. The third-order valence-electron chi connectivity index (χ3n) is 2.59. The normalized spacial score (nSPS) is 10.5. The first-order chi connectivity index (χ1) is 9.31. The summed E-state index contributed by atoms with van der Waals surface area (Å²) in [6.45, 7) is 3.38. The Balaban J connectivity index is 2.51. The Morgan fingerprint density at radius 2 is 1.74 bits per heavy atom. The van der Waals surface area contributed by atoms with Gasteiger partial charge in [-0.25, -0.2) is 0 Å². The van der Waals surface area contributed by atoms with Crippen molar-refractivity contribution in [2.75, 3.05) is 47.7 Å². The Morgan fingerprint density at radius 1 is 0.947 bits per heavy atom. The van der Waals surface area contributed by atoms with Gasteiger partial charge in [-0.1, -0.05) is 6.07 Å². The number of benzene rings is 1. The molecule has 0 aromatic heterocycles. The van der Waals surface area contributed by atoms with E-state index in [1.165, 1.54) is 0 Å². The van der Waals surface area contributed by atoms with Crippen LogP contribution in [0.3, 0.4) is 0 Å². The summed E-state index contributed by atoms with van der Waals surface area (Å²) in [5.41, 5.74) is 1.15. The summed E-state index contributed by atoms with van der Waals surface area (Å²) in [5.74, 6) is 1.47. The Morgan fingerprint density at radius 3 is 2.42 bits per heavy atom. The van der Waals surface area contributed by atoms with Gasteiger partial charge in [-0.15, -0.1) is 0 Å². The van der Waals surface area contributed by atoms with Gasteiger partial charge in [-0.3, -0.25) is 0 Å². The van der Waals surface area contributed by atoms with Gasteiger partial charge in [0, 0.05) is 27.3 Å². The Kier molecular flexibility index (Phi) is 7.97. The Bertz CT molecular complexity index is 357. The second-order valence-electron chi connectivity index (χ2n) is 4.00. The molecule has 0 heterocycles. The number of hydrogen-bond donors (Lipinski definition) is 1. The molecule has 0 atom stereocenters. The lowest BCUT2D eigenvalue weighted by Gasteiger charge is -2.12. The molecule has 0 saturated carbocycles. The molecule has 19 heavy (non-hydrogen) atoms. The van der Waals surface area contributed by atoms with E-state index in [1.807, 2.05) is 18.2 Å². The summed E-state index contributed by atoms with van der Waals surface area (Å²) in [6.07, 6.45) is 0. The Labute approximate surface area is 114 Å². The number of nitrogens with one attached hydrogen (secondary N) is 1. The molecule has 0 aliphatic carbocycles. The highest BCUT2D eigenvalue weighted by Gasteiger charge is 2.05. The summed E-state index contributed by atoms with van der Waals surface area (Å²) in [4.78, 5) is 0. The van der Waals surface area contributed by atoms with Crippen LogP contribution in [-0.2, 0) is 16.0 Å². The molecule has 0 bridgehead atoms. The molecule has 5 nitrogen and oxygen atoms in total.